The molecule has 0 spiro atoms. The van der Waals surface area contributed by atoms with Gasteiger partial charge in [0.25, 0.3) is 0 Å². The SMILES string of the molecule is CCN(CC)CCNC(C)(C#N)CC1CC1. The van der Waals surface area contributed by atoms with Gasteiger partial charge < -0.3 is 4.90 Å². The van der Waals surface area contributed by atoms with Gasteiger partial charge in [0.2, 0.25) is 0 Å². The van der Waals surface area contributed by atoms with Crippen LogP contribution in [0.15, 0.2) is 0 Å². The van der Waals surface area contributed by atoms with Gasteiger partial charge in [-0.15, -0.1) is 0 Å². The van der Waals surface area contributed by atoms with Crippen molar-refractivity contribution in [3.05, 3.63) is 0 Å². The van der Waals surface area contributed by atoms with Gasteiger partial charge in [0.1, 0.15) is 5.54 Å². The Morgan fingerprint density at radius 2 is 2.00 bits per heavy atom. The zero-order valence-electron chi connectivity index (χ0n) is 10.9. The monoisotopic (exact) mass is 223 g/mol. The molecule has 1 saturated carbocycles. The van der Waals surface area contributed by atoms with Crippen molar-refractivity contribution in [3.8, 4) is 6.07 Å². The molecule has 1 aliphatic carbocycles. The molecule has 1 rings (SSSR count). The summed E-state index contributed by atoms with van der Waals surface area (Å²) in [5.74, 6) is 0.797. The fourth-order valence-electron chi connectivity index (χ4n) is 2.09. The predicted molar refractivity (Wildman–Crippen MR) is 67.1 cm³/mol. The van der Waals surface area contributed by atoms with Crippen LogP contribution >= 0.6 is 0 Å². The van der Waals surface area contributed by atoms with Gasteiger partial charge in [-0.3, -0.25) is 5.32 Å². The van der Waals surface area contributed by atoms with E-state index in [4.69, 9.17) is 0 Å². The molecule has 0 heterocycles. The Bertz CT molecular complexity index is 238. The van der Waals surface area contributed by atoms with Crippen molar-refractivity contribution in [2.75, 3.05) is 26.2 Å². The summed E-state index contributed by atoms with van der Waals surface area (Å²) in [7, 11) is 0. The normalized spacial score (nSPS) is 19.4. The molecule has 0 bridgehead atoms. The fraction of sp³-hybridized carbons (Fsp3) is 0.923. The smallest absolute Gasteiger partial charge is 0.104 e. The van der Waals surface area contributed by atoms with Crippen LogP contribution in [0.1, 0.15) is 40.0 Å². The standard InChI is InChI=1S/C13H25N3/c1-4-16(5-2)9-8-15-13(3,11-14)10-12-6-7-12/h12,15H,4-10H2,1-3H3. The lowest BCUT2D eigenvalue weighted by Gasteiger charge is -2.25. The zero-order chi connectivity index (χ0) is 12.0. The highest BCUT2D eigenvalue weighted by atomic mass is 15.1. The van der Waals surface area contributed by atoms with Gasteiger partial charge in [-0.1, -0.05) is 26.7 Å². The van der Waals surface area contributed by atoms with E-state index in [1.165, 1.54) is 12.8 Å². The Hall–Kier alpha value is -0.590. The maximum Gasteiger partial charge on any atom is 0.104 e. The van der Waals surface area contributed by atoms with Crippen molar-refractivity contribution in [1.82, 2.24) is 10.2 Å². The second kappa shape index (κ2) is 6.22. The quantitative estimate of drug-likeness (QED) is 0.684. The van der Waals surface area contributed by atoms with Gasteiger partial charge in [0.15, 0.2) is 0 Å². The molecule has 0 radical (unpaired) electrons. The Labute approximate surface area is 99.8 Å². The van der Waals surface area contributed by atoms with Crippen LogP contribution in [0.3, 0.4) is 0 Å². The van der Waals surface area contributed by atoms with Crippen LogP contribution < -0.4 is 5.32 Å². The number of nitriles is 1. The van der Waals surface area contributed by atoms with E-state index in [0.717, 1.165) is 38.5 Å². The van der Waals surface area contributed by atoms with Gasteiger partial charge in [-0.25, -0.2) is 0 Å². The second-order valence-electron chi connectivity index (χ2n) is 5.05. The molecule has 1 aliphatic rings. The molecule has 1 N–H and O–H groups in total. The number of nitrogens with zero attached hydrogens (tertiary/aromatic N) is 2. The van der Waals surface area contributed by atoms with Crippen molar-refractivity contribution in [2.24, 2.45) is 5.92 Å². The van der Waals surface area contributed by atoms with Crippen molar-refractivity contribution in [1.29, 1.82) is 5.26 Å². The highest BCUT2D eigenvalue weighted by molar-refractivity contribution is 5.06. The third-order valence-corrected chi connectivity index (χ3v) is 3.48. The summed E-state index contributed by atoms with van der Waals surface area (Å²) >= 11 is 0. The average molecular weight is 223 g/mol. The summed E-state index contributed by atoms with van der Waals surface area (Å²) in [6.45, 7) is 10.5. The Morgan fingerprint density at radius 1 is 1.38 bits per heavy atom. The highest BCUT2D eigenvalue weighted by Gasteiger charge is 2.32. The number of hydrogen-bond acceptors (Lipinski definition) is 3. The van der Waals surface area contributed by atoms with Crippen LogP contribution in [0.25, 0.3) is 0 Å². The van der Waals surface area contributed by atoms with E-state index < -0.39 is 0 Å². The molecule has 0 aliphatic heterocycles. The van der Waals surface area contributed by atoms with E-state index in [0.29, 0.717) is 0 Å². The third-order valence-electron chi connectivity index (χ3n) is 3.48. The van der Waals surface area contributed by atoms with Crippen molar-refractivity contribution in [2.45, 2.75) is 45.6 Å². The number of rotatable bonds is 8. The first-order valence-electron chi connectivity index (χ1n) is 6.52. The first-order chi connectivity index (χ1) is 7.63. The summed E-state index contributed by atoms with van der Waals surface area (Å²) < 4.78 is 0. The molecule has 0 amide bonds. The molecule has 3 heteroatoms. The number of nitrogens with one attached hydrogen (secondary N) is 1. The lowest BCUT2D eigenvalue weighted by molar-refractivity contribution is 0.284. The third kappa shape index (κ3) is 4.51. The summed E-state index contributed by atoms with van der Waals surface area (Å²) in [6.07, 6.45) is 3.64. The lowest BCUT2D eigenvalue weighted by atomic mass is 9.96. The first kappa shape index (κ1) is 13.5. The molecular weight excluding hydrogens is 198 g/mol. The minimum Gasteiger partial charge on any atom is -0.303 e. The molecule has 1 unspecified atom stereocenters. The molecule has 0 aromatic rings. The van der Waals surface area contributed by atoms with E-state index in [2.05, 4.69) is 30.1 Å². The van der Waals surface area contributed by atoms with Gasteiger partial charge >= 0.3 is 0 Å². The maximum atomic E-state index is 9.22. The van der Waals surface area contributed by atoms with Crippen LogP contribution in [-0.2, 0) is 0 Å². The van der Waals surface area contributed by atoms with E-state index in [1.807, 2.05) is 6.92 Å². The molecule has 16 heavy (non-hydrogen) atoms. The van der Waals surface area contributed by atoms with E-state index in [-0.39, 0.29) is 5.54 Å². The topological polar surface area (TPSA) is 39.1 Å². The highest BCUT2D eigenvalue weighted by Crippen LogP contribution is 2.36. The summed E-state index contributed by atoms with van der Waals surface area (Å²) in [5, 5.41) is 12.6. The van der Waals surface area contributed by atoms with Crippen LogP contribution in [0.4, 0.5) is 0 Å². The minimum absolute atomic E-state index is 0.311. The average Bonchev–Trinajstić information content (AvgIpc) is 3.08. The Balaban J connectivity index is 2.24. The molecule has 3 nitrogen and oxygen atoms in total. The van der Waals surface area contributed by atoms with Crippen LogP contribution in [0.5, 0.6) is 0 Å². The van der Waals surface area contributed by atoms with Crippen molar-refractivity contribution >= 4 is 0 Å². The number of hydrogen-bond donors (Lipinski definition) is 1. The Kier molecular flexibility index (Phi) is 5.24. The first-order valence-corrected chi connectivity index (χ1v) is 6.52. The lowest BCUT2D eigenvalue weighted by Crippen LogP contribution is -2.45. The van der Waals surface area contributed by atoms with E-state index in [1.54, 1.807) is 0 Å². The number of likely N-dealkylation sites (N-methyl/N-ethyl adjacent to an activating group) is 1. The zero-order valence-corrected chi connectivity index (χ0v) is 10.9. The van der Waals surface area contributed by atoms with Crippen LogP contribution in [-0.4, -0.2) is 36.6 Å². The predicted octanol–water partition coefficient (Wildman–Crippen LogP) is 2.00. The van der Waals surface area contributed by atoms with Gasteiger partial charge in [0, 0.05) is 13.1 Å². The van der Waals surface area contributed by atoms with E-state index in [9.17, 15) is 5.26 Å². The maximum absolute atomic E-state index is 9.22. The van der Waals surface area contributed by atoms with Crippen LogP contribution in [0, 0.1) is 17.2 Å². The largest absolute Gasteiger partial charge is 0.303 e. The molecule has 92 valence electrons. The molecular formula is C13H25N3. The summed E-state index contributed by atoms with van der Waals surface area (Å²) in [6, 6.07) is 2.43. The van der Waals surface area contributed by atoms with Gasteiger partial charge in [0.05, 0.1) is 6.07 Å². The Morgan fingerprint density at radius 3 is 2.44 bits per heavy atom. The van der Waals surface area contributed by atoms with Crippen LogP contribution in [0.2, 0.25) is 0 Å². The van der Waals surface area contributed by atoms with Gasteiger partial charge in [-0.05, 0) is 32.4 Å². The molecule has 1 atom stereocenters. The van der Waals surface area contributed by atoms with Gasteiger partial charge in [-0.2, -0.15) is 5.26 Å². The van der Waals surface area contributed by atoms with Crippen molar-refractivity contribution in [3.63, 3.8) is 0 Å². The van der Waals surface area contributed by atoms with E-state index >= 15 is 0 Å². The fourth-order valence-corrected chi connectivity index (χ4v) is 2.09. The molecule has 0 aromatic heterocycles. The summed E-state index contributed by atoms with van der Waals surface area (Å²) in [4.78, 5) is 2.38. The van der Waals surface area contributed by atoms with Crippen molar-refractivity contribution < 1.29 is 0 Å². The molecule has 0 aromatic carbocycles. The molecule has 1 fully saturated rings. The minimum atomic E-state index is -0.311. The summed E-state index contributed by atoms with van der Waals surface area (Å²) in [5.41, 5.74) is -0.311. The second-order valence-corrected chi connectivity index (χ2v) is 5.05. The molecule has 0 saturated heterocycles.